The fourth-order valence-corrected chi connectivity index (χ4v) is 4.95. The van der Waals surface area contributed by atoms with E-state index in [0.29, 0.717) is 0 Å². The molecule has 28 heavy (non-hydrogen) atoms. The molecule has 0 saturated carbocycles. The molecule has 1 aromatic heterocycles. The average molecular weight is 437 g/mol. The Morgan fingerprint density at radius 2 is 1.79 bits per heavy atom. The third-order valence-electron chi connectivity index (χ3n) is 3.96. The summed E-state index contributed by atoms with van der Waals surface area (Å²) in [5, 5.41) is 10.3. The number of anilines is 1. The number of aryl methyl sites for hydroxylation is 1. The van der Waals surface area contributed by atoms with Gasteiger partial charge in [-0.05, 0) is 37.1 Å². The van der Waals surface area contributed by atoms with Crippen LogP contribution in [0.3, 0.4) is 0 Å². The summed E-state index contributed by atoms with van der Waals surface area (Å²) in [6.45, 7) is 3.66. The molecule has 0 unspecified atom stereocenters. The maximum atomic E-state index is 12.6. The van der Waals surface area contributed by atoms with Gasteiger partial charge in [0.1, 0.15) is 0 Å². The van der Waals surface area contributed by atoms with E-state index in [4.69, 9.17) is 11.6 Å². The number of carbonyl (C=O) groups is 1. The van der Waals surface area contributed by atoms with E-state index >= 15 is 0 Å². The van der Waals surface area contributed by atoms with Crippen molar-refractivity contribution in [1.29, 1.82) is 0 Å². The van der Waals surface area contributed by atoms with Crippen LogP contribution in [-0.4, -0.2) is 24.5 Å². The standard InChI is InChI=1S/C18H17ClN4O3S2/c1-11-7-3-4-8-13(11)12(2)23-28(25,26)18-22-21-17(27-18)20-16(24)14-9-5-6-10-15(14)19/h3-10,12,23H,1-2H3,(H,20,21,24)/t12-/m1/s1. The number of aromatic nitrogens is 2. The van der Waals surface area contributed by atoms with Gasteiger partial charge in [-0.25, -0.2) is 13.1 Å². The quantitative estimate of drug-likeness (QED) is 0.572. The number of sulfonamides is 1. The summed E-state index contributed by atoms with van der Waals surface area (Å²) in [5.74, 6) is -0.494. The van der Waals surface area contributed by atoms with E-state index < -0.39 is 22.0 Å². The number of rotatable bonds is 6. The first-order valence-electron chi connectivity index (χ1n) is 8.25. The minimum Gasteiger partial charge on any atom is -0.296 e. The van der Waals surface area contributed by atoms with Crippen molar-refractivity contribution in [3.8, 4) is 0 Å². The Bertz CT molecular complexity index is 1120. The van der Waals surface area contributed by atoms with Crippen molar-refractivity contribution in [2.24, 2.45) is 0 Å². The van der Waals surface area contributed by atoms with E-state index in [9.17, 15) is 13.2 Å². The van der Waals surface area contributed by atoms with Gasteiger partial charge in [0.25, 0.3) is 15.9 Å². The highest BCUT2D eigenvalue weighted by molar-refractivity contribution is 7.91. The summed E-state index contributed by atoms with van der Waals surface area (Å²) in [6.07, 6.45) is 0. The molecule has 3 rings (SSSR count). The SMILES string of the molecule is Cc1ccccc1[C@@H](C)NS(=O)(=O)c1nnc(NC(=O)c2ccccc2Cl)s1. The smallest absolute Gasteiger partial charge is 0.270 e. The lowest BCUT2D eigenvalue weighted by Crippen LogP contribution is -2.27. The van der Waals surface area contributed by atoms with Gasteiger partial charge in [0, 0.05) is 6.04 Å². The Balaban J connectivity index is 1.74. The molecule has 0 aliphatic carbocycles. The molecule has 2 aromatic carbocycles. The van der Waals surface area contributed by atoms with E-state index in [1.165, 1.54) is 0 Å². The maximum absolute atomic E-state index is 12.6. The Morgan fingerprint density at radius 3 is 2.50 bits per heavy atom. The largest absolute Gasteiger partial charge is 0.296 e. The van der Waals surface area contributed by atoms with Gasteiger partial charge in [-0.1, -0.05) is 59.3 Å². The predicted octanol–water partition coefficient (Wildman–Crippen LogP) is 3.79. The van der Waals surface area contributed by atoms with Gasteiger partial charge in [0.15, 0.2) is 0 Å². The molecule has 0 bridgehead atoms. The van der Waals surface area contributed by atoms with Crippen LogP contribution in [0, 0.1) is 6.92 Å². The average Bonchev–Trinajstić information content (AvgIpc) is 3.11. The van der Waals surface area contributed by atoms with Crippen LogP contribution in [0.25, 0.3) is 0 Å². The Morgan fingerprint density at radius 1 is 1.11 bits per heavy atom. The van der Waals surface area contributed by atoms with E-state index in [-0.39, 0.29) is 20.1 Å². The van der Waals surface area contributed by atoms with Crippen LogP contribution in [0.5, 0.6) is 0 Å². The second-order valence-electron chi connectivity index (χ2n) is 6.01. The van der Waals surface area contributed by atoms with Crippen LogP contribution in [0.2, 0.25) is 5.02 Å². The molecular formula is C18H17ClN4O3S2. The molecule has 146 valence electrons. The minimum atomic E-state index is -3.89. The van der Waals surface area contributed by atoms with E-state index in [2.05, 4.69) is 20.2 Å². The molecule has 0 aliphatic rings. The molecule has 1 amide bonds. The van der Waals surface area contributed by atoms with Gasteiger partial charge >= 0.3 is 0 Å². The fraction of sp³-hybridized carbons (Fsp3) is 0.167. The second kappa shape index (κ2) is 8.36. The Labute approximate surface area is 171 Å². The molecule has 1 heterocycles. The molecule has 0 radical (unpaired) electrons. The van der Waals surface area contributed by atoms with Crippen LogP contribution < -0.4 is 10.0 Å². The predicted molar refractivity (Wildman–Crippen MR) is 109 cm³/mol. The molecule has 0 saturated heterocycles. The van der Waals surface area contributed by atoms with E-state index in [1.807, 2.05) is 31.2 Å². The number of hydrogen-bond acceptors (Lipinski definition) is 6. The lowest BCUT2D eigenvalue weighted by molar-refractivity contribution is 0.102. The fourth-order valence-electron chi connectivity index (χ4n) is 2.60. The van der Waals surface area contributed by atoms with Crippen molar-refractivity contribution in [3.05, 3.63) is 70.2 Å². The normalized spacial score (nSPS) is 12.5. The molecule has 0 aliphatic heterocycles. The van der Waals surface area contributed by atoms with Crippen LogP contribution >= 0.6 is 22.9 Å². The molecule has 7 nitrogen and oxygen atoms in total. The number of carbonyl (C=O) groups excluding carboxylic acids is 1. The monoisotopic (exact) mass is 436 g/mol. The van der Waals surface area contributed by atoms with Crippen molar-refractivity contribution in [1.82, 2.24) is 14.9 Å². The van der Waals surface area contributed by atoms with Crippen LogP contribution in [0.15, 0.2) is 52.9 Å². The highest BCUT2D eigenvalue weighted by atomic mass is 35.5. The van der Waals surface area contributed by atoms with Gasteiger partial charge in [0.05, 0.1) is 10.6 Å². The van der Waals surface area contributed by atoms with Crippen molar-refractivity contribution in [2.45, 2.75) is 24.2 Å². The molecule has 10 heteroatoms. The molecule has 1 atom stereocenters. The van der Waals surface area contributed by atoms with E-state index in [1.54, 1.807) is 31.2 Å². The van der Waals surface area contributed by atoms with Crippen LogP contribution in [0.1, 0.15) is 34.5 Å². The van der Waals surface area contributed by atoms with Crippen molar-refractivity contribution in [3.63, 3.8) is 0 Å². The zero-order valence-electron chi connectivity index (χ0n) is 15.0. The summed E-state index contributed by atoms with van der Waals surface area (Å²) in [6, 6.07) is 13.6. The van der Waals surface area contributed by atoms with Gasteiger partial charge in [0.2, 0.25) is 9.47 Å². The van der Waals surface area contributed by atoms with E-state index in [0.717, 1.165) is 22.5 Å². The summed E-state index contributed by atoms with van der Waals surface area (Å²) in [7, 11) is -3.89. The number of amides is 1. The van der Waals surface area contributed by atoms with Crippen molar-refractivity contribution in [2.75, 3.05) is 5.32 Å². The number of hydrogen-bond donors (Lipinski definition) is 2. The van der Waals surface area contributed by atoms with Gasteiger partial charge in [-0.3, -0.25) is 10.1 Å². The Kier molecular flexibility index (Phi) is 6.09. The zero-order chi connectivity index (χ0) is 20.3. The highest BCUT2D eigenvalue weighted by Gasteiger charge is 2.24. The zero-order valence-corrected chi connectivity index (χ0v) is 17.4. The van der Waals surface area contributed by atoms with Crippen molar-refractivity contribution >= 4 is 44.0 Å². The topological polar surface area (TPSA) is 101 Å². The molecular weight excluding hydrogens is 420 g/mol. The Hall–Kier alpha value is -2.33. The van der Waals surface area contributed by atoms with Crippen LogP contribution in [-0.2, 0) is 10.0 Å². The lowest BCUT2D eigenvalue weighted by atomic mass is 10.0. The number of nitrogens with zero attached hydrogens (tertiary/aromatic N) is 2. The minimum absolute atomic E-state index is 0.0637. The third-order valence-corrected chi connectivity index (χ3v) is 7.04. The molecule has 0 fully saturated rings. The van der Waals surface area contributed by atoms with Crippen LogP contribution in [0.4, 0.5) is 5.13 Å². The second-order valence-corrected chi connectivity index (χ2v) is 9.28. The summed E-state index contributed by atoms with van der Waals surface area (Å²) < 4.78 is 27.6. The van der Waals surface area contributed by atoms with Gasteiger partial charge < -0.3 is 0 Å². The molecule has 2 N–H and O–H groups in total. The maximum Gasteiger partial charge on any atom is 0.270 e. The first-order valence-corrected chi connectivity index (χ1v) is 10.9. The first kappa shape index (κ1) is 20.4. The molecule has 0 spiro atoms. The summed E-state index contributed by atoms with van der Waals surface area (Å²) >= 11 is 6.75. The lowest BCUT2D eigenvalue weighted by Gasteiger charge is -2.15. The highest BCUT2D eigenvalue weighted by Crippen LogP contribution is 2.24. The van der Waals surface area contributed by atoms with Gasteiger partial charge in [-0.2, -0.15) is 0 Å². The van der Waals surface area contributed by atoms with Gasteiger partial charge in [-0.15, -0.1) is 10.2 Å². The molecule has 3 aromatic rings. The summed E-state index contributed by atoms with van der Waals surface area (Å²) in [5.41, 5.74) is 2.10. The number of benzene rings is 2. The third kappa shape index (κ3) is 4.56. The number of nitrogens with one attached hydrogen (secondary N) is 2. The number of halogens is 1. The first-order chi connectivity index (χ1) is 13.3. The van der Waals surface area contributed by atoms with Crippen molar-refractivity contribution < 1.29 is 13.2 Å². The summed E-state index contributed by atoms with van der Waals surface area (Å²) in [4.78, 5) is 12.3.